The molecule has 25 heavy (non-hydrogen) atoms. The molecule has 0 fully saturated rings. The molecule has 2 aromatic carbocycles. The van der Waals surface area contributed by atoms with Gasteiger partial charge in [0.1, 0.15) is 11.6 Å². The molecular formula is C18H15F4NO2. The molecular weight excluding hydrogens is 338 g/mol. The Morgan fingerprint density at radius 3 is 2.44 bits per heavy atom. The van der Waals surface area contributed by atoms with Crippen molar-refractivity contribution in [2.24, 2.45) is 0 Å². The highest BCUT2D eigenvalue weighted by Gasteiger charge is 2.32. The number of hydrogen-bond donors (Lipinski definition) is 0. The summed E-state index contributed by atoms with van der Waals surface area (Å²) in [5.41, 5.74) is 2.49. The van der Waals surface area contributed by atoms with Crippen LogP contribution in [0.3, 0.4) is 0 Å². The molecule has 0 saturated heterocycles. The van der Waals surface area contributed by atoms with Crippen molar-refractivity contribution >= 4 is 5.91 Å². The molecule has 1 aliphatic rings. The molecule has 0 unspecified atom stereocenters. The second kappa shape index (κ2) is 6.38. The summed E-state index contributed by atoms with van der Waals surface area (Å²) in [6.07, 6.45) is -4.20. The Balaban J connectivity index is 1.75. The molecule has 0 atom stereocenters. The summed E-state index contributed by atoms with van der Waals surface area (Å²) in [6.45, 7) is 2.36. The lowest BCUT2D eigenvalue weighted by molar-refractivity contribution is -0.274. The minimum Gasteiger partial charge on any atom is -0.406 e. The second-order valence-corrected chi connectivity index (χ2v) is 5.81. The van der Waals surface area contributed by atoms with Crippen LogP contribution in [0.25, 0.3) is 0 Å². The molecule has 0 saturated carbocycles. The lowest BCUT2D eigenvalue weighted by Crippen LogP contribution is -2.23. The highest BCUT2D eigenvalue weighted by molar-refractivity contribution is 5.99. The molecule has 0 bridgehead atoms. The minimum atomic E-state index is -4.74. The lowest BCUT2D eigenvalue weighted by atomic mass is 10.0. The van der Waals surface area contributed by atoms with Gasteiger partial charge in [0.25, 0.3) is 5.91 Å². The highest BCUT2D eigenvalue weighted by atomic mass is 19.4. The van der Waals surface area contributed by atoms with Crippen LogP contribution in [0.4, 0.5) is 17.6 Å². The number of carbonyl (C=O) groups is 1. The Labute approximate surface area is 141 Å². The molecule has 3 rings (SSSR count). The van der Waals surface area contributed by atoms with Gasteiger partial charge in [0.05, 0.1) is 0 Å². The monoisotopic (exact) mass is 353 g/mol. The molecule has 132 valence electrons. The van der Waals surface area contributed by atoms with Crippen LogP contribution in [-0.4, -0.2) is 17.2 Å². The van der Waals surface area contributed by atoms with E-state index in [1.54, 1.807) is 4.90 Å². The molecule has 0 aliphatic carbocycles. The summed E-state index contributed by atoms with van der Waals surface area (Å²) in [5.74, 6) is -0.885. The van der Waals surface area contributed by atoms with Gasteiger partial charge in [-0.15, -0.1) is 13.2 Å². The standard InChI is InChI=1S/C18H15F4NO2/c1-2-12-7-14(19)8-13-10-23(17(24)16(12)13)9-11-3-5-15(6-4-11)25-18(20,21)22/h3-8H,2,9-10H2,1H3. The van der Waals surface area contributed by atoms with E-state index in [9.17, 15) is 22.4 Å². The van der Waals surface area contributed by atoms with Crippen LogP contribution in [-0.2, 0) is 19.5 Å². The predicted molar refractivity (Wildman–Crippen MR) is 82.5 cm³/mol. The third-order valence-electron chi connectivity index (χ3n) is 4.04. The number of ether oxygens (including phenoxy) is 1. The van der Waals surface area contributed by atoms with Gasteiger partial charge in [0, 0.05) is 18.7 Å². The van der Waals surface area contributed by atoms with Crippen molar-refractivity contribution in [1.82, 2.24) is 4.90 Å². The number of hydrogen-bond acceptors (Lipinski definition) is 2. The third kappa shape index (κ3) is 3.75. The summed E-state index contributed by atoms with van der Waals surface area (Å²) in [7, 11) is 0. The number of alkyl halides is 3. The smallest absolute Gasteiger partial charge is 0.406 e. The van der Waals surface area contributed by atoms with Crippen molar-refractivity contribution in [3.63, 3.8) is 0 Å². The van der Waals surface area contributed by atoms with Gasteiger partial charge in [-0.2, -0.15) is 0 Å². The zero-order valence-corrected chi connectivity index (χ0v) is 13.4. The quantitative estimate of drug-likeness (QED) is 0.761. The number of amides is 1. The number of halogens is 4. The SMILES string of the molecule is CCc1cc(F)cc2c1C(=O)N(Cc1ccc(OC(F)(F)F)cc1)C2. The average molecular weight is 353 g/mol. The first-order valence-corrected chi connectivity index (χ1v) is 7.72. The van der Waals surface area contributed by atoms with Crippen molar-refractivity contribution in [2.45, 2.75) is 32.8 Å². The fraction of sp³-hybridized carbons (Fsp3) is 0.278. The van der Waals surface area contributed by atoms with E-state index in [1.165, 1.54) is 36.4 Å². The topological polar surface area (TPSA) is 29.5 Å². The van der Waals surface area contributed by atoms with E-state index in [-0.39, 0.29) is 30.6 Å². The Morgan fingerprint density at radius 1 is 1.16 bits per heavy atom. The Morgan fingerprint density at radius 2 is 1.84 bits per heavy atom. The molecule has 1 heterocycles. The van der Waals surface area contributed by atoms with Crippen molar-refractivity contribution in [2.75, 3.05) is 0 Å². The van der Waals surface area contributed by atoms with Crippen LogP contribution >= 0.6 is 0 Å². The molecule has 0 N–H and O–H groups in total. The van der Waals surface area contributed by atoms with Gasteiger partial charge in [-0.1, -0.05) is 19.1 Å². The molecule has 1 amide bonds. The molecule has 1 aliphatic heterocycles. The first kappa shape index (κ1) is 17.3. The molecule has 0 aromatic heterocycles. The Kier molecular flexibility index (Phi) is 4.41. The van der Waals surface area contributed by atoms with E-state index in [4.69, 9.17) is 0 Å². The van der Waals surface area contributed by atoms with Crippen LogP contribution < -0.4 is 4.74 Å². The van der Waals surface area contributed by atoms with Gasteiger partial charge in [-0.3, -0.25) is 4.79 Å². The number of carbonyl (C=O) groups excluding carboxylic acids is 1. The number of aryl methyl sites for hydroxylation is 1. The maximum absolute atomic E-state index is 13.6. The van der Waals surface area contributed by atoms with Crippen LogP contribution in [0, 0.1) is 5.82 Å². The van der Waals surface area contributed by atoms with Crippen LogP contribution in [0.2, 0.25) is 0 Å². The predicted octanol–water partition coefficient (Wildman–Crippen LogP) is 4.44. The van der Waals surface area contributed by atoms with Crippen molar-refractivity contribution in [3.05, 3.63) is 64.5 Å². The lowest BCUT2D eigenvalue weighted by Gasteiger charge is -2.16. The highest BCUT2D eigenvalue weighted by Crippen LogP contribution is 2.29. The molecule has 0 spiro atoms. The van der Waals surface area contributed by atoms with E-state index >= 15 is 0 Å². The Hall–Kier alpha value is -2.57. The first-order chi connectivity index (χ1) is 11.8. The summed E-state index contributed by atoms with van der Waals surface area (Å²) >= 11 is 0. The van der Waals surface area contributed by atoms with E-state index in [2.05, 4.69) is 4.74 Å². The van der Waals surface area contributed by atoms with E-state index in [1.807, 2.05) is 6.92 Å². The normalized spacial score (nSPS) is 14.0. The van der Waals surface area contributed by atoms with Crippen molar-refractivity contribution in [3.8, 4) is 5.75 Å². The fourth-order valence-electron chi connectivity index (χ4n) is 2.98. The van der Waals surface area contributed by atoms with Gasteiger partial charge in [0.15, 0.2) is 0 Å². The van der Waals surface area contributed by atoms with Crippen molar-refractivity contribution < 1.29 is 27.1 Å². The van der Waals surface area contributed by atoms with Crippen LogP contribution in [0.5, 0.6) is 5.75 Å². The molecule has 7 heteroatoms. The summed E-state index contributed by atoms with van der Waals surface area (Å²) < 4.78 is 54.0. The largest absolute Gasteiger partial charge is 0.573 e. The van der Waals surface area contributed by atoms with Crippen LogP contribution in [0.1, 0.15) is 34.0 Å². The van der Waals surface area contributed by atoms with Crippen molar-refractivity contribution in [1.29, 1.82) is 0 Å². The number of nitrogens with zero attached hydrogens (tertiary/aromatic N) is 1. The number of benzene rings is 2. The number of fused-ring (bicyclic) bond motifs is 1. The molecule has 2 aromatic rings. The zero-order valence-electron chi connectivity index (χ0n) is 13.4. The van der Waals surface area contributed by atoms with E-state index in [0.717, 1.165) is 0 Å². The molecule has 3 nitrogen and oxygen atoms in total. The van der Waals surface area contributed by atoms with Gasteiger partial charge in [0.2, 0.25) is 0 Å². The second-order valence-electron chi connectivity index (χ2n) is 5.81. The maximum atomic E-state index is 13.6. The van der Waals surface area contributed by atoms with Crippen LogP contribution in [0.15, 0.2) is 36.4 Å². The molecule has 0 radical (unpaired) electrons. The Bertz CT molecular complexity index is 800. The first-order valence-electron chi connectivity index (χ1n) is 7.72. The third-order valence-corrected chi connectivity index (χ3v) is 4.04. The van der Waals surface area contributed by atoms with Gasteiger partial charge < -0.3 is 9.64 Å². The number of rotatable bonds is 4. The average Bonchev–Trinajstić information content (AvgIpc) is 2.83. The minimum absolute atomic E-state index is 0.192. The maximum Gasteiger partial charge on any atom is 0.573 e. The zero-order chi connectivity index (χ0) is 18.2. The summed E-state index contributed by atoms with van der Waals surface area (Å²) in [4.78, 5) is 14.1. The van der Waals surface area contributed by atoms with Gasteiger partial charge in [-0.25, -0.2) is 4.39 Å². The summed E-state index contributed by atoms with van der Waals surface area (Å²) in [6, 6.07) is 8.06. The van der Waals surface area contributed by atoms with Gasteiger partial charge >= 0.3 is 6.36 Å². The summed E-state index contributed by atoms with van der Waals surface area (Å²) in [5, 5.41) is 0. The fourth-order valence-corrected chi connectivity index (χ4v) is 2.98. The van der Waals surface area contributed by atoms with Gasteiger partial charge in [-0.05, 0) is 47.4 Å². The van der Waals surface area contributed by atoms with E-state index in [0.29, 0.717) is 28.7 Å². The van der Waals surface area contributed by atoms with E-state index < -0.39 is 6.36 Å².